The molecule has 0 amide bonds. The average Bonchev–Trinajstić information content (AvgIpc) is 2.26. The van der Waals surface area contributed by atoms with E-state index in [0.717, 1.165) is 5.56 Å². The molecule has 0 heterocycles. The Labute approximate surface area is 109 Å². The first-order valence-corrected chi connectivity index (χ1v) is 6.09. The van der Waals surface area contributed by atoms with Crippen LogP contribution in [0, 0.1) is 5.82 Å². The largest absolute Gasteiger partial charge is 0.489 e. The molecule has 0 saturated carbocycles. The second-order valence-corrected chi connectivity index (χ2v) is 5.47. The number of likely N-dealkylation sites (N-methyl/N-ethyl adjacent to an activating group) is 1. The van der Waals surface area contributed by atoms with Crippen molar-refractivity contribution in [3.8, 4) is 5.75 Å². The number of rotatable bonds is 5. The quantitative estimate of drug-likeness (QED) is 0.877. The van der Waals surface area contributed by atoms with Gasteiger partial charge in [0.2, 0.25) is 0 Å². The van der Waals surface area contributed by atoms with Crippen molar-refractivity contribution >= 4 is 0 Å². The third kappa shape index (κ3) is 3.68. The minimum absolute atomic E-state index is 0.147. The maximum absolute atomic E-state index is 13.8. The topological polar surface area (TPSA) is 38.5 Å². The van der Waals surface area contributed by atoms with E-state index in [4.69, 9.17) is 10.5 Å². The van der Waals surface area contributed by atoms with Gasteiger partial charge in [0.05, 0.1) is 0 Å². The summed E-state index contributed by atoms with van der Waals surface area (Å²) in [4.78, 5) is 2.04. The van der Waals surface area contributed by atoms with Crippen LogP contribution in [0.15, 0.2) is 18.2 Å². The summed E-state index contributed by atoms with van der Waals surface area (Å²) < 4.78 is 19.3. The lowest BCUT2D eigenvalue weighted by Gasteiger charge is -2.32. The number of nitrogens with zero attached hydrogens (tertiary/aromatic N) is 1. The smallest absolute Gasteiger partial charge is 0.165 e. The Hall–Kier alpha value is -1.13. The van der Waals surface area contributed by atoms with Crippen molar-refractivity contribution in [3.05, 3.63) is 29.6 Å². The molecule has 0 aliphatic rings. The normalized spacial score (nSPS) is 13.8. The minimum Gasteiger partial charge on any atom is -0.489 e. The number of benzene rings is 1. The molecule has 0 aliphatic heterocycles. The van der Waals surface area contributed by atoms with Crippen LogP contribution in [-0.2, 0) is 0 Å². The number of hydrogen-bond acceptors (Lipinski definition) is 3. The van der Waals surface area contributed by atoms with Crippen molar-refractivity contribution in [2.75, 3.05) is 20.7 Å². The molecule has 3 nitrogen and oxygen atoms in total. The summed E-state index contributed by atoms with van der Waals surface area (Å²) in [6.45, 7) is 6.33. The van der Waals surface area contributed by atoms with Gasteiger partial charge in [0, 0.05) is 11.6 Å². The lowest BCUT2D eigenvalue weighted by molar-refractivity contribution is 0.111. The van der Waals surface area contributed by atoms with Crippen molar-refractivity contribution in [2.45, 2.75) is 32.4 Å². The molecule has 18 heavy (non-hydrogen) atoms. The SMILES string of the molecule is C[C@H](N)c1ccc(OCC(C)(C)N(C)C)c(F)c1. The molecule has 4 heteroatoms. The molecular weight excluding hydrogens is 231 g/mol. The number of nitrogens with two attached hydrogens (primary N) is 1. The Morgan fingerprint density at radius 2 is 2.00 bits per heavy atom. The summed E-state index contributed by atoms with van der Waals surface area (Å²) in [6.07, 6.45) is 0. The molecule has 1 rings (SSSR count). The van der Waals surface area contributed by atoms with Gasteiger partial charge >= 0.3 is 0 Å². The second kappa shape index (κ2) is 5.67. The highest BCUT2D eigenvalue weighted by Gasteiger charge is 2.22. The van der Waals surface area contributed by atoms with Gasteiger partial charge in [0.15, 0.2) is 11.6 Å². The second-order valence-electron chi connectivity index (χ2n) is 5.47. The number of halogens is 1. The maximum atomic E-state index is 13.8. The zero-order valence-corrected chi connectivity index (χ0v) is 11.8. The zero-order valence-electron chi connectivity index (χ0n) is 11.8. The Balaban J connectivity index is 2.75. The van der Waals surface area contributed by atoms with Crippen molar-refractivity contribution in [1.29, 1.82) is 0 Å². The Morgan fingerprint density at radius 3 is 2.44 bits per heavy atom. The van der Waals surface area contributed by atoms with E-state index < -0.39 is 0 Å². The summed E-state index contributed by atoms with van der Waals surface area (Å²) in [5.41, 5.74) is 6.33. The van der Waals surface area contributed by atoms with Crippen LogP contribution in [0.4, 0.5) is 4.39 Å². The molecule has 2 N–H and O–H groups in total. The highest BCUT2D eigenvalue weighted by molar-refractivity contribution is 5.30. The van der Waals surface area contributed by atoms with Crippen LogP contribution in [0.25, 0.3) is 0 Å². The Kier molecular flexibility index (Phi) is 4.71. The molecule has 0 aliphatic carbocycles. The monoisotopic (exact) mass is 254 g/mol. The fraction of sp³-hybridized carbons (Fsp3) is 0.571. The molecular formula is C14H23FN2O. The maximum Gasteiger partial charge on any atom is 0.165 e. The van der Waals surface area contributed by atoms with Crippen LogP contribution in [0.1, 0.15) is 32.4 Å². The van der Waals surface area contributed by atoms with Crippen molar-refractivity contribution in [3.63, 3.8) is 0 Å². The van der Waals surface area contributed by atoms with Gasteiger partial charge in [-0.05, 0) is 52.6 Å². The van der Waals surface area contributed by atoms with E-state index in [1.807, 2.05) is 39.8 Å². The molecule has 0 saturated heterocycles. The molecule has 0 radical (unpaired) electrons. The van der Waals surface area contributed by atoms with E-state index in [9.17, 15) is 4.39 Å². The third-order valence-corrected chi connectivity index (χ3v) is 3.27. The van der Waals surface area contributed by atoms with Crippen molar-refractivity contribution in [1.82, 2.24) is 4.90 Å². The van der Waals surface area contributed by atoms with Gasteiger partial charge in [-0.3, -0.25) is 0 Å². The van der Waals surface area contributed by atoms with E-state index in [-0.39, 0.29) is 23.1 Å². The van der Waals surface area contributed by atoms with E-state index in [0.29, 0.717) is 6.61 Å². The van der Waals surface area contributed by atoms with Gasteiger partial charge in [-0.1, -0.05) is 6.07 Å². The van der Waals surface area contributed by atoms with E-state index in [1.165, 1.54) is 6.07 Å². The predicted molar refractivity (Wildman–Crippen MR) is 72.3 cm³/mol. The highest BCUT2D eigenvalue weighted by Crippen LogP contribution is 2.22. The first-order chi connectivity index (χ1) is 8.24. The van der Waals surface area contributed by atoms with E-state index in [1.54, 1.807) is 12.1 Å². The first-order valence-electron chi connectivity index (χ1n) is 6.09. The summed E-state index contributed by atoms with van der Waals surface area (Å²) >= 11 is 0. The van der Waals surface area contributed by atoms with Gasteiger partial charge < -0.3 is 15.4 Å². The first kappa shape index (κ1) is 14.9. The molecule has 1 aromatic rings. The fourth-order valence-electron chi connectivity index (χ4n) is 1.30. The van der Waals surface area contributed by atoms with Gasteiger partial charge in [0.25, 0.3) is 0 Å². The summed E-state index contributed by atoms with van der Waals surface area (Å²) in [7, 11) is 3.94. The van der Waals surface area contributed by atoms with E-state index >= 15 is 0 Å². The molecule has 0 unspecified atom stereocenters. The van der Waals surface area contributed by atoms with Gasteiger partial charge in [-0.15, -0.1) is 0 Å². The summed E-state index contributed by atoms with van der Waals surface area (Å²) in [5.74, 6) is -0.0892. The molecule has 102 valence electrons. The molecule has 0 spiro atoms. The molecule has 1 aromatic carbocycles. The van der Waals surface area contributed by atoms with Crippen LogP contribution in [-0.4, -0.2) is 31.1 Å². The summed E-state index contributed by atoms with van der Waals surface area (Å²) in [6, 6.07) is 4.69. The van der Waals surface area contributed by atoms with Gasteiger partial charge in [-0.2, -0.15) is 0 Å². The van der Waals surface area contributed by atoms with Crippen LogP contribution >= 0.6 is 0 Å². The van der Waals surface area contributed by atoms with Gasteiger partial charge in [-0.25, -0.2) is 4.39 Å². The minimum atomic E-state index is -0.362. The molecule has 0 aromatic heterocycles. The van der Waals surface area contributed by atoms with Crippen LogP contribution in [0.5, 0.6) is 5.75 Å². The fourth-order valence-corrected chi connectivity index (χ4v) is 1.30. The molecule has 0 bridgehead atoms. The Bertz CT molecular complexity index is 403. The molecule has 1 atom stereocenters. The standard InChI is InChI=1S/C14H23FN2O/c1-10(16)11-6-7-13(12(15)8-11)18-9-14(2,3)17(4)5/h6-8,10H,9,16H2,1-5H3/t10-/m0/s1. The number of ether oxygens (including phenoxy) is 1. The lowest BCUT2D eigenvalue weighted by Crippen LogP contribution is -2.43. The third-order valence-electron chi connectivity index (χ3n) is 3.27. The lowest BCUT2D eigenvalue weighted by atomic mass is 10.1. The Morgan fingerprint density at radius 1 is 1.39 bits per heavy atom. The van der Waals surface area contributed by atoms with Crippen LogP contribution < -0.4 is 10.5 Å². The predicted octanol–water partition coefficient (Wildman–Crippen LogP) is 2.56. The van der Waals surface area contributed by atoms with Crippen LogP contribution in [0.3, 0.4) is 0 Å². The van der Waals surface area contributed by atoms with Crippen molar-refractivity contribution in [2.24, 2.45) is 5.73 Å². The molecule has 0 fully saturated rings. The van der Waals surface area contributed by atoms with Gasteiger partial charge in [0.1, 0.15) is 6.61 Å². The van der Waals surface area contributed by atoms with Crippen molar-refractivity contribution < 1.29 is 9.13 Å². The van der Waals surface area contributed by atoms with Crippen LogP contribution in [0.2, 0.25) is 0 Å². The highest BCUT2D eigenvalue weighted by atomic mass is 19.1. The number of hydrogen-bond donors (Lipinski definition) is 1. The summed E-state index contributed by atoms with van der Waals surface area (Å²) in [5, 5.41) is 0. The average molecular weight is 254 g/mol. The van der Waals surface area contributed by atoms with E-state index in [2.05, 4.69) is 0 Å². The zero-order chi connectivity index (χ0) is 13.9.